The number of fused-ring (bicyclic) bond motifs is 1. The third-order valence-electron chi connectivity index (χ3n) is 3.79. The topological polar surface area (TPSA) is 50.7 Å². The maximum atomic E-state index is 12.1. The van der Waals surface area contributed by atoms with Crippen LogP contribution < -0.4 is 10.2 Å². The highest BCUT2D eigenvalue weighted by Crippen LogP contribution is 2.26. The van der Waals surface area contributed by atoms with Crippen LogP contribution in [0.3, 0.4) is 0 Å². The molecule has 0 atom stereocenters. The summed E-state index contributed by atoms with van der Waals surface area (Å²) in [7, 11) is 0. The number of nitrogens with zero attached hydrogens (tertiary/aromatic N) is 1. The minimum absolute atomic E-state index is 0.242. The molecule has 0 aliphatic rings. The molecule has 0 spiro atoms. The summed E-state index contributed by atoms with van der Waals surface area (Å²) in [5.41, 5.74) is 4.00. The maximum Gasteiger partial charge on any atom is 0.271 e. The van der Waals surface area contributed by atoms with Crippen molar-refractivity contribution in [1.29, 1.82) is 0 Å². The number of carbonyl (C=O) groups excluding carboxylic acids is 1. The third kappa shape index (κ3) is 4.04. The molecule has 0 bridgehead atoms. The largest absolute Gasteiger partial charge is 0.493 e. The summed E-state index contributed by atoms with van der Waals surface area (Å²) in [6.07, 6.45) is 2.57. The van der Waals surface area contributed by atoms with E-state index >= 15 is 0 Å². The van der Waals surface area contributed by atoms with Crippen LogP contribution in [0.1, 0.15) is 29.3 Å². The fraction of sp³-hybridized carbons (Fsp3) is 0.143. The van der Waals surface area contributed by atoms with Gasteiger partial charge in [-0.15, -0.1) is 0 Å². The molecule has 0 aliphatic heterocycles. The molecule has 126 valence electrons. The number of hydrogen-bond donors (Lipinski definition) is 1. The van der Waals surface area contributed by atoms with Gasteiger partial charge in [-0.05, 0) is 35.4 Å². The standard InChI is InChI=1S/C21H20N2O2/c1-2-14-25-20-13-12-16-8-6-7-11-18(16)19(20)15-22-23-21(24)17-9-4-3-5-10-17/h3-13,15H,2,14H2,1H3,(H,23,24)/b22-15+. The van der Waals surface area contributed by atoms with E-state index < -0.39 is 0 Å². The van der Waals surface area contributed by atoms with Crippen LogP contribution in [-0.4, -0.2) is 18.7 Å². The Morgan fingerprint density at radius 1 is 1.04 bits per heavy atom. The first-order valence-corrected chi connectivity index (χ1v) is 8.32. The van der Waals surface area contributed by atoms with Gasteiger partial charge in [-0.1, -0.05) is 55.5 Å². The molecular weight excluding hydrogens is 312 g/mol. The lowest BCUT2D eigenvalue weighted by atomic mass is 10.0. The van der Waals surface area contributed by atoms with Crippen LogP contribution in [0.4, 0.5) is 0 Å². The Kier molecular flexibility index (Phi) is 5.42. The predicted molar refractivity (Wildman–Crippen MR) is 101 cm³/mol. The minimum atomic E-state index is -0.242. The van der Waals surface area contributed by atoms with Crippen molar-refractivity contribution in [3.63, 3.8) is 0 Å². The van der Waals surface area contributed by atoms with E-state index in [-0.39, 0.29) is 5.91 Å². The molecule has 0 heterocycles. The number of hydrogen-bond acceptors (Lipinski definition) is 3. The first-order valence-electron chi connectivity index (χ1n) is 8.32. The SMILES string of the molecule is CCCOc1ccc2ccccc2c1/C=N/NC(=O)c1ccccc1. The number of carbonyl (C=O) groups is 1. The first-order chi connectivity index (χ1) is 12.3. The smallest absolute Gasteiger partial charge is 0.271 e. The number of rotatable bonds is 6. The molecule has 25 heavy (non-hydrogen) atoms. The molecule has 1 N–H and O–H groups in total. The fourth-order valence-electron chi connectivity index (χ4n) is 2.56. The molecule has 0 aliphatic carbocycles. The highest BCUT2D eigenvalue weighted by atomic mass is 16.5. The summed E-state index contributed by atoms with van der Waals surface area (Å²) >= 11 is 0. The molecule has 0 radical (unpaired) electrons. The summed E-state index contributed by atoms with van der Waals surface area (Å²) in [5.74, 6) is 0.520. The summed E-state index contributed by atoms with van der Waals surface area (Å²) in [5, 5.41) is 6.27. The Balaban J connectivity index is 1.87. The van der Waals surface area contributed by atoms with Crippen molar-refractivity contribution >= 4 is 22.9 Å². The molecule has 0 aromatic heterocycles. The zero-order valence-corrected chi connectivity index (χ0v) is 14.1. The van der Waals surface area contributed by atoms with E-state index in [2.05, 4.69) is 17.5 Å². The van der Waals surface area contributed by atoms with Crippen molar-refractivity contribution in [3.05, 3.63) is 77.9 Å². The van der Waals surface area contributed by atoms with Crippen LogP contribution in [0.25, 0.3) is 10.8 Å². The summed E-state index contributed by atoms with van der Waals surface area (Å²) in [6, 6.07) is 21.0. The highest BCUT2D eigenvalue weighted by molar-refractivity contribution is 6.03. The lowest BCUT2D eigenvalue weighted by molar-refractivity contribution is 0.0955. The van der Waals surface area contributed by atoms with Gasteiger partial charge in [-0.2, -0.15) is 5.10 Å². The molecule has 4 nitrogen and oxygen atoms in total. The van der Waals surface area contributed by atoms with Crippen molar-refractivity contribution in [1.82, 2.24) is 5.43 Å². The van der Waals surface area contributed by atoms with Crippen LogP contribution >= 0.6 is 0 Å². The molecular formula is C21H20N2O2. The first kappa shape index (κ1) is 16.7. The normalized spacial score (nSPS) is 10.9. The van der Waals surface area contributed by atoms with Crippen molar-refractivity contribution in [2.24, 2.45) is 5.10 Å². The molecule has 0 saturated heterocycles. The summed E-state index contributed by atoms with van der Waals surface area (Å²) < 4.78 is 5.83. The molecule has 4 heteroatoms. The van der Waals surface area contributed by atoms with Gasteiger partial charge in [-0.25, -0.2) is 5.43 Å². The van der Waals surface area contributed by atoms with Crippen LogP contribution in [0.15, 0.2) is 71.8 Å². The summed E-state index contributed by atoms with van der Waals surface area (Å²) in [4.78, 5) is 12.1. The van der Waals surface area contributed by atoms with Gasteiger partial charge in [-0.3, -0.25) is 4.79 Å². The Hall–Kier alpha value is -3.14. The highest BCUT2D eigenvalue weighted by Gasteiger charge is 2.07. The van der Waals surface area contributed by atoms with Crippen LogP contribution in [0.2, 0.25) is 0 Å². The van der Waals surface area contributed by atoms with E-state index in [9.17, 15) is 4.79 Å². The molecule has 0 unspecified atom stereocenters. The van der Waals surface area contributed by atoms with Crippen molar-refractivity contribution in [2.45, 2.75) is 13.3 Å². The lowest BCUT2D eigenvalue weighted by Gasteiger charge is -2.11. The second-order valence-corrected chi connectivity index (χ2v) is 5.61. The van der Waals surface area contributed by atoms with Crippen LogP contribution in [0, 0.1) is 0 Å². The quantitative estimate of drug-likeness (QED) is 0.537. The number of hydrazone groups is 1. The monoisotopic (exact) mass is 332 g/mol. The van der Waals surface area contributed by atoms with Crippen molar-refractivity contribution in [3.8, 4) is 5.75 Å². The Bertz CT molecular complexity index is 889. The van der Waals surface area contributed by atoms with Gasteiger partial charge in [0, 0.05) is 11.1 Å². The van der Waals surface area contributed by atoms with E-state index in [1.54, 1.807) is 18.3 Å². The lowest BCUT2D eigenvalue weighted by Crippen LogP contribution is -2.17. The van der Waals surface area contributed by atoms with Gasteiger partial charge >= 0.3 is 0 Å². The molecule has 3 rings (SSSR count). The van der Waals surface area contributed by atoms with E-state index in [4.69, 9.17) is 4.74 Å². The molecule has 0 saturated carbocycles. The van der Waals surface area contributed by atoms with Crippen molar-refractivity contribution < 1.29 is 9.53 Å². The number of ether oxygens (including phenoxy) is 1. The van der Waals surface area contributed by atoms with Gasteiger partial charge in [0.1, 0.15) is 5.75 Å². The van der Waals surface area contributed by atoms with Gasteiger partial charge in [0.2, 0.25) is 0 Å². The van der Waals surface area contributed by atoms with Crippen LogP contribution in [0.5, 0.6) is 5.75 Å². The molecule has 0 fully saturated rings. The van der Waals surface area contributed by atoms with Gasteiger partial charge in [0.25, 0.3) is 5.91 Å². The molecule has 3 aromatic carbocycles. The third-order valence-corrected chi connectivity index (χ3v) is 3.79. The number of amides is 1. The minimum Gasteiger partial charge on any atom is -0.493 e. The maximum absolute atomic E-state index is 12.1. The van der Waals surface area contributed by atoms with Gasteiger partial charge in [0.05, 0.1) is 12.8 Å². The number of nitrogens with one attached hydrogen (secondary N) is 1. The van der Waals surface area contributed by atoms with E-state index in [1.807, 2.05) is 54.6 Å². The summed E-state index contributed by atoms with van der Waals surface area (Å²) in [6.45, 7) is 2.70. The Morgan fingerprint density at radius 3 is 2.60 bits per heavy atom. The van der Waals surface area contributed by atoms with Gasteiger partial charge in [0.15, 0.2) is 0 Å². The zero-order chi connectivity index (χ0) is 17.5. The Labute approximate surface area is 147 Å². The second-order valence-electron chi connectivity index (χ2n) is 5.61. The second kappa shape index (κ2) is 8.11. The van der Waals surface area contributed by atoms with Gasteiger partial charge < -0.3 is 4.74 Å². The number of benzene rings is 3. The Morgan fingerprint density at radius 2 is 1.80 bits per heavy atom. The molecule has 1 amide bonds. The van der Waals surface area contributed by atoms with E-state index in [1.165, 1.54) is 0 Å². The van der Waals surface area contributed by atoms with E-state index in [0.29, 0.717) is 12.2 Å². The van der Waals surface area contributed by atoms with Crippen molar-refractivity contribution in [2.75, 3.05) is 6.61 Å². The average molecular weight is 332 g/mol. The molecule has 3 aromatic rings. The average Bonchev–Trinajstić information content (AvgIpc) is 2.67. The fourth-order valence-corrected chi connectivity index (χ4v) is 2.56. The zero-order valence-electron chi connectivity index (χ0n) is 14.1. The predicted octanol–water partition coefficient (Wildman–Crippen LogP) is 4.39. The van der Waals surface area contributed by atoms with Crippen LogP contribution in [-0.2, 0) is 0 Å². The van der Waals surface area contributed by atoms with E-state index in [0.717, 1.165) is 28.5 Å².